The molecule has 0 aliphatic carbocycles. The molecule has 1 heterocycles. The fourth-order valence-corrected chi connectivity index (χ4v) is 2.21. The van der Waals surface area contributed by atoms with Crippen molar-refractivity contribution in [3.05, 3.63) is 18.0 Å². The highest BCUT2D eigenvalue weighted by Gasteiger charge is 2.09. The molecule has 0 spiro atoms. The zero-order valence-corrected chi connectivity index (χ0v) is 11.7. The Morgan fingerprint density at radius 3 is 2.94 bits per heavy atom. The van der Waals surface area contributed by atoms with Gasteiger partial charge in [0, 0.05) is 32.1 Å². The van der Waals surface area contributed by atoms with Crippen LogP contribution in [0.15, 0.2) is 12.3 Å². The quantitative estimate of drug-likeness (QED) is 0.645. The molecule has 0 aliphatic heterocycles. The van der Waals surface area contributed by atoms with E-state index in [1.54, 1.807) is 24.9 Å². The molecule has 0 bridgehead atoms. The fraction of sp³-hybridized carbons (Fsp3) is 0.727. The van der Waals surface area contributed by atoms with Crippen LogP contribution in [0, 0.1) is 0 Å². The number of nitrogens with one attached hydrogen (secondary N) is 1. The van der Waals surface area contributed by atoms with Crippen LogP contribution in [0.2, 0.25) is 0 Å². The monoisotopic (exact) mass is 275 g/mol. The number of aromatic nitrogens is 2. The van der Waals surface area contributed by atoms with Crippen LogP contribution in [0.5, 0.6) is 0 Å². The summed E-state index contributed by atoms with van der Waals surface area (Å²) in [6, 6.07) is 1.89. The Morgan fingerprint density at radius 1 is 1.50 bits per heavy atom. The first-order valence-electron chi connectivity index (χ1n) is 6.00. The lowest BCUT2D eigenvalue weighted by Crippen LogP contribution is -2.22. The Bertz CT molecular complexity index is 442. The average molecular weight is 275 g/mol. The van der Waals surface area contributed by atoms with E-state index in [2.05, 4.69) is 10.4 Å². The minimum Gasteiger partial charge on any atom is -0.383 e. The summed E-state index contributed by atoms with van der Waals surface area (Å²) in [5.74, 6) is 0.311. The third-order valence-electron chi connectivity index (χ3n) is 2.65. The molecule has 1 aromatic heterocycles. The van der Waals surface area contributed by atoms with Crippen LogP contribution in [0.1, 0.15) is 12.6 Å². The van der Waals surface area contributed by atoms with Gasteiger partial charge in [-0.2, -0.15) is 5.10 Å². The highest BCUT2D eigenvalue weighted by atomic mass is 32.2. The molecule has 18 heavy (non-hydrogen) atoms. The molecule has 0 unspecified atom stereocenters. The van der Waals surface area contributed by atoms with Crippen LogP contribution in [-0.2, 0) is 27.7 Å². The van der Waals surface area contributed by atoms with E-state index in [1.807, 2.05) is 6.07 Å². The van der Waals surface area contributed by atoms with E-state index in [0.29, 0.717) is 19.7 Å². The maximum Gasteiger partial charge on any atom is 0.151 e. The summed E-state index contributed by atoms with van der Waals surface area (Å²) in [5.41, 5.74) is 0.984. The summed E-state index contributed by atoms with van der Waals surface area (Å²) in [5, 5.41) is 7.34. The van der Waals surface area contributed by atoms with E-state index >= 15 is 0 Å². The maximum atomic E-state index is 11.4. The Kier molecular flexibility index (Phi) is 6.31. The van der Waals surface area contributed by atoms with Gasteiger partial charge in [-0.1, -0.05) is 6.92 Å². The van der Waals surface area contributed by atoms with Gasteiger partial charge in [0.15, 0.2) is 9.84 Å². The van der Waals surface area contributed by atoms with Crippen LogP contribution >= 0.6 is 0 Å². The fourth-order valence-electron chi connectivity index (χ4n) is 1.47. The van der Waals surface area contributed by atoms with Crippen molar-refractivity contribution < 1.29 is 13.2 Å². The highest BCUT2D eigenvalue weighted by Crippen LogP contribution is 2.00. The molecule has 1 N–H and O–H groups in total. The van der Waals surface area contributed by atoms with Crippen LogP contribution < -0.4 is 5.32 Å². The number of sulfone groups is 1. The van der Waals surface area contributed by atoms with Crippen molar-refractivity contribution in [2.24, 2.45) is 0 Å². The number of ether oxygens (including phenoxy) is 1. The molecule has 0 saturated carbocycles. The predicted octanol–water partition coefficient (Wildman–Crippen LogP) is 0.0538. The van der Waals surface area contributed by atoms with E-state index in [1.165, 1.54) is 0 Å². The number of methoxy groups -OCH3 is 1. The maximum absolute atomic E-state index is 11.4. The average Bonchev–Trinajstić information content (AvgIpc) is 2.80. The van der Waals surface area contributed by atoms with E-state index in [-0.39, 0.29) is 11.5 Å². The van der Waals surface area contributed by atoms with Crippen molar-refractivity contribution in [2.45, 2.75) is 20.0 Å². The Hall–Kier alpha value is -0.920. The molecule has 0 aromatic carbocycles. The largest absolute Gasteiger partial charge is 0.383 e. The van der Waals surface area contributed by atoms with Crippen LogP contribution in [-0.4, -0.2) is 50.0 Å². The van der Waals surface area contributed by atoms with Gasteiger partial charge >= 0.3 is 0 Å². The van der Waals surface area contributed by atoms with Gasteiger partial charge in [0.2, 0.25) is 0 Å². The van der Waals surface area contributed by atoms with E-state index in [9.17, 15) is 8.42 Å². The van der Waals surface area contributed by atoms with Crippen molar-refractivity contribution in [1.29, 1.82) is 0 Å². The number of nitrogens with zero attached hydrogens (tertiary/aromatic N) is 2. The minimum absolute atomic E-state index is 0.135. The van der Waals surface area contributed by atoms with Crippen LogP contribution in [0.4, 0.5) is 0 Å². The Morgan fingerprint density at radius 2 is 2.28 bits per heavy atom. The van der Waals surface area contributed by atoms with Gasteiger partial charge in [0.1, 0.15) is 0 Å². The number of rotatable bonds is 9. The summed E-state index contributed by atoms with van der Waals surface area (Å²) >= 11 is 0. The van der Waals surface area contributed by atoms with Gasteiger partial charge < -0.3 is 10.1 Å². The molecule has 1 aromatic rings. The van der Waals surface area contributed by atoms with Crippen molar-refractivity contribution in [1.82, 2.24) is 15.1 Å². The minimum atomic E-state index is -2.94. The third-order valence-corrected chi connectivity index (χ3v) is 4.33. The first kappa shape index (κ1) is 15.1. The molecule has 1 rings (SSSR count). The van der Waals surface area contributed by atoms with E-state index in [4.69, 9.17) is 4.74 Å². The van der Waals surface area contributed by atoms with E-state index in [0.717, 1.165) is 12.2 Å². The summed E-state index contributed by atoms with van der Waals surface area (Å²) in [6.07, 6.45) is 1.69. The molecular formula is C11H21N3O3S. The second-order valence-electron chi connectivity index (χ2n) is 3.95. The molecule has 0 amide bonds. The zero-order chi connectivity index (χ0) is 13.4. The van der Waals surface area contributed by atoms with Gasteiger partial charge in [-0.3, -0.25) is 4.68 Å². The SMILES string of the molecule is CCS(=O)(=O)CCn1nccc1CNCCOC. The topological polar surface area (TPSA) is 73.2 Å². The van der Waals surface area contributed by atoms with E-state index < -0.39 is 9.84 Å². The van der Waals surface area contributed by atoms with Crippen LogP contribution in [0.25, 0.3) is 0 Å². The third kappa shape index (κ3) is 5.16. The predicted molar refractivity (Wildman–Crippen MR) is 70.1 cm³/mol. The van der Waals surface area contributed by atoms with Crippen LogP contribution in [0.3, 0.4) is 0 Å². The summed E-state index contributed by atoms with van der Waals surface area (Å²) in [4.78, 5) is 0. The second-order valence-corrected chi connectivity index (χ2v) is 6.42. The van der Waals surface area contributed by atoms with Crippen molar-refractivity contribution in [2.75, 3.05) is 31.8 Å². The molecular weight excluding hydrogens is 254 g/mol. The molecule has 104 valence electrons. The number of hydrogen-bond acceptors (Lipinski definition) is 5. The normalized spacial score (nSPS) is 11.9. The zero-order valence-electron chi connectivity index (χ0n) is 10.9. The standard InChI is InChI=1S/C11H21N3O3S/c1-3-18(15,16)9-7-14-11(4-5-13-14)10-12-6-8-17-2/h4-5,12H,3,6-10H2,1-2H3. The lowest BCUT2D eigenvalue weighted by Gasteiger charge is -2.08. The number of aryl methyl sites for hydroxylation is 1. The Balaban J connectivity index is 2.45. The summed E-state index contributed by atoms with van der Waals surface area (Å²) in [6.45, 7) is 4.14. The van der Waals surface area contributed by atoms with Gasteiger partial charge in [0.05, 0.1) is 24.6 Å². The van der Waals surface area contributed by atoms with Gasteiger partial charge in [-0.05, 0) is 6.07 Å². The van der Waals surface area contributed by atoms with Gasteiger partial charge in [-0.15, -0.1) is 0 Å². The first-order valence-corrected chi connectivity index (χ1v) is 7.82. The summed E-state index contributed by atoms with van der Waals surface area (Å²) in [7, 11) is -1.29. The molecule has 0 fully saturated rings. The van der Waals surface area contributed by atoms with Gasteiger partial charge in [-0.25, -0.2) is 8.42 Å². The smallest absolute Gasteiger partial charge is 0.151 e. The van der Waals surface area contributed by atoms with Crippen molar-refractivity contribution in [3.63, 3.8) is 0 Å². The molecule has 6 nitrogen and oxygen atoms in total. The van der Waals surface area contributed by atoms with Gasteiger partial charge in [0.25, 0.3) is 0 Å². The molecule has 0 atom stereocenters. The first-order chi connectivity index (χ1) is 8.59. The van der Waals surface area contributed by atoms with Crippen molar-refractivity contribution >= 4 is 9.84 Å². The number of hydrogen-bond donors (Lipinski definition) is 1. The molecule has 0 radical (unpaired) electrons. The van der Waals surface area contributed by atoms with Crippen molar-refractivity contribution in [3.8, 4) is 0 Å². The Labute approximate surface area is 108 Å². The summed E-state index contributed by atoms with van der Waals surface area (Å²) < 4.78 is 29.5. The molecule has 7 heteroatoms. The second kappa shape index (κ2) is 7.50. The highest BCUT2D eigenvalue weighted by molar-refractivity contribution is 7.91. The lowest BCUT2D eigenvalue weighted by molar-refractivity contribution is 0.199. The molecule has 0 saturated heterocycles. The lowest BCUT2D eigenvalue weighted by atomic mass is 10.4. The molecule has 0 aliphatic rings.